The van der Waals surface area contributed by atoms with Crippen LogP contribution < -0.4 is 5.32 Å². The van der Waals surface area contributed by atoms with Crippen molar-refractivity contribution in [2.45, 2.75) is 0 Å². The van der Waals surface area contributed by atoms with Gasteiger partial charge in [-0.15, -0.1) is 0 Å². The number of aromatic nitrogens is 1. The molecule has 0 bridgehead atoms. The molecular weight excluding hydrogens is 386 g/mol. The summed E-state index contributed by atoms with van der Waals surface area (Å²) in [4.78, 5) is 12.5. The molecule has 1 N–H and O–H groups in total. The zero-order valence-corrected chi connectivity index (χ0v) is 15.9. The summed E-state index contributed by atoms with van der Waals surface area (Å²) in [6, 6.07) is 23.7. The molecule has 6 heteroatoms. The fraction of sp³-hybridized carbons (Fsp3) is 0. The van der Waals surface area contributed by atoms with Crippen LogP contribution in [0.2, 0.25) is 5.02 Å². The highest BCUT2D eigenvalue weighted by atomic mass is 35.5. The zero-order chi connectivity index (χ0) is 20.2. The van der Waals surface area contributed by atoms with E-state index in [4.69, 9.17) is 16.1 Å². The summed E-state index contributed by atoms with van der Waals surface area (Å²) in [7, 11) is 0. The fourth-order valence-corrected chi connectivity index (χ4v) is 3.02. The molecule has 5 nitrogen and oxygen atoms in total. The van der Waals surface area contributed by atoms with E-state index in [1.807, 2.05) is 42.5 Å². The molecule has 0 atom stereocenters. The van der Waals surface area contributed by atoms with Crippen LogP contribution in [0.5, 0.6) is 0 Å². The van der Waals surface area contributed by atoms with Gasteiger partial charge in [-0.1, -0.05) is 53.2 Å². The van der Waals surface area contributed by atoms with Crippen LogP contribution in [0.1, 0.15) is 5.56 Å². The van der Waals surface area contributed by atoms with E-state index in [2.05, 4.69) is 10.5 Å². The summed E-state index contributed by atoms with van der Waals surface area (Å²) in [6.45, 7) is 0. The van der Waals surface area contributed by atoms with Crippen LogP contribution in [-0.2, 0) is 4.79 Å². The minimum Gasteiger partial charge on any atom is -0.355 e. The van der Waals surface area contributed by atoms with Crippen molar-refractivity contribution in [2.24, 2.45) is 0 Å². The summed E-state index contributed by atoms with van der Waals surface area (Å²) in [5.41, 5.74) is 2.83. The summed E-state index contributed by atoms with van der Waals surface area (Å²) >= 11 is 5.85. The lowest BCUT2D eigenvalue weighted by atomic mass is 10.0. The average Bonchev–Trinajstić information content (AvgIpc) is 3.17. The number of hydrogen-bond donors (Lipinski definition) is 1. The number of carbonyl (C=O) groups is 1. The number of nitriles is 1. The molecule has 29 heavy (non-hydrogen) atoms. The Labute approximate surface area is 171 Å². The smallest absolute Gasteiger partial charge is 0.266 e. The van der Waals surface area contributed by atoms with Crippen LogP contribution in [0.3, 0.4) is 0 Å². The van der Waals surface area contributed by atoms with Crippen molar-refractivity contribution < 1.29 is 9.32 Å². The summed E-state index contributed by atoms with van der Waals surface area (Å²) < 4.78 is 5.50. The van der Waals surface area contributed by atoms with E-state index < -0.39 is 5.91 Å². The van der Waals surface area contributed by atoms with Crippen molar-refractivity contribution in [1.82, 2.24) is 5.16 Å². The van der Waals surface area contributed by atoms with E-state index in [9.17, 15) is 10.1 Å². The number of amides is 1. The molecule has 0 radical (unpaired) electrons. The van der Waals surface area contributed by atoms with Gasteiger partial charge in [0.1, 0.15) is 17.2 Å². The van der Waals surface area contributed by atoms with Crippen LogP contribution in [0.25, 0.3) is 28.3 Å². The first-order chi connectivity index (χ1) is 14.1. The Bertz CT molecular complexity index is 1250. The maximum absolute atomic E-state index is 12.5. The molecule has 1 aromatic heterocycles. The van der Waals surface area contributed by atoms with Crippen LogP contribution >= 0.6 is 11.6 Å². The quantitative estimate of drug-likeness (QED) is 0.353. The molecule has 4 rings (SSSR count). The topological polar surface area (TPSA) is 78.9 Å². The van der Waals surface area contributed by atoms with Crippen molar-refractivity contribution in [3.05, 3.63) is 89.0 Å². The third-order valence-electron chi connectivity index (χ3n) is 4.31. The number of nitrogens with zero attached hydrogens (tertiary/aromatic N) is 2. The van der Waals surface area contributed by atoms with Crippen molar-refractivity contribution >= 4 is 40.2 Å². The highest BCUT2D eigenvalue weighted by Crippen LogP contribution is 2.29. The lowest BCUT2D eigenvalue weighted by Gasteiger charge is -2.04. The zero-order valence-electron chi connectivity index (χ0n) is 15.1. The SMILES string of the molecule is N#C/C(=C\c1ccc2noc(-c3ccccc3)c2c1)C(=O)Nc1ccc(Cl)cc1. The van der Waals surface area contributed by atoms with E-state index in [-0.39, 0.29) is 5.57 Å². The standard InChI is InChI=1S/C23H14ClN3O2/c24-18-7-9-19(10-8-18)26-23(28)17(14-25)12-15-6-11-21-20(13-15)22(29-27-21)16-4-2-1-3-5-16/h1-13H,(H,26,28)/b17-12+. The molecule has 0 aliphatic rings. The van der Waals surface area contributed by atoms with Crippen LogP contribution in [0.4, 0.5) is 5.69 Å². The maximum atomic E-state index is 12.5. The Morgan fingerprint density at radius 3 is 2.55 bits per heavy atom. The van der Waals surface area contributed by atoms with Gasteiger partial charge in [0.2, 0.25) is 0 Å². The number of halogens is 1. The second-order valence-corrected chi connectivity index (χ2v) is 6.72. The Hall–Kier alpha value is -3.88. The molecule has 0 saturated heterocycles. The van der Waals surface area contributed by atoms with Crippen molar-refractivity contribution in [1.29, 1.82) is 5.26 Å². The predicted molar refractivity (Wildman–Crippen MR) is 113 cm³/mol. The van der Waals surface area contributed by atoms with E-state index >= 15 is 0 Å². The van der Waals surface area contributed by atoms with Gasteiger partial charge in [0.15, 0.2) is 5.76 Å². The van der Waals surface area contributed by atoms with Crippen LogP contribution in [0.15, 0.2) is 82.9 Å². The van der Waals surface area contributed by atoms with Crippen LogP contribution in [0, 0.1) is 11.3 Å². The average molecular weight is 400 g/mol. The number of hydrogen-bond acceptors (Lipinski definition) is 4. The number of benzene rings is 3. The van der Waals surface area contributed by atoms with Crippen molar-refractivity contribution in [3.63, 3.8) is 0 Å². The molecule has 0 spiro atoms. The first kappa shape index (κ1) is 18.5. The molecule has 3 aromatic carbocycles. The predicted octanol–water partition coefficient (Wildman–Crippen LogP) is 5.69. The number of fused-ring (bicyclic) bond motifs is 1. The lowest BCUT2D eigenvalue weighted by Crippen LogP contribution is -2.13. The number of anilines is 1. The Kier molecular flexibility index (Phi) is 5.10. The molecule has 1 heterocycles. The van der Waals surface area contributed by atoms with Gasteiger partial charge in [0, 0.05) is 16.3 Å². The van der Waals surface area contributed by atoms with Gasteiger partial charge < -0.3 is 9.84 Å². The van der Waals surface area contributed by atoms with Gasteiger partial charge in [-0.05, 0) is 48.0 Å². The molecule has 0 fully saturated rings. The van der Waals surface area contributed by atoms with E-state index in [1.165, 1.54) is 6.08 Å². The van der Waals surface area contributed by atoms with E-state index in [1.54, 1.807) is 36.4 Å². The molecule has 140 valence electrons. The van der Waals surface area contributed by atoms with E-state index in [0.717, 1.165) is 10.9 Å². The number of carbonyl (C=O) groups excluding carboxylic acids is 1. The minimum absolute atomic E-state index is 0.0167. The summed E-state index contributed by atoms with van der Waals surface area (Å²) in [6.07, 6.45) is 1.53. The molecule has 0 aliphatic carbocycles. The monoisotopic (exact) mass is 399 g/mol. The van der Waals surface area contributed by atoms with Gasteiger partial charge in [0.25, 0.3) is 5.91 Å². The summed E-state index contributed by atoms with van der Waals surface area (Å²) in [5, 5.41) is 17.6. The second kappa shape index (κ2) is 8.01. The lowest BCUT2D eigenvalue weighted by molar-refractivity contribution is -0.112. The first-order valence-electron chi connectivity index (χ1n) is 8.77. The molecule has 0 aliphatic heterocycles. The van der Waals surface area contributed by atoms with Crippen LogP contribution in [-0.4, -0.2) is 11.1 Å². The molecule has 0 saturated carbocycles. The highest BCUT2D eigenvalue weighted by molar-refractivity contribution is 6.30. The van der Waals surface area contributed by atoms with Gasteiger partial charge >= 0.3 is 0 Å². The van der Waals surface area contributed by atoms with Gasteiger partial charge in [-0.3, -0.25) is 4.79 Å². The first-order valence-corrected chi connectivity index (χ1v) is 9.15. The van der Waals surface area contributed by atoms with Crippen molar-refractivity contribution in [2.75, 3.05) is 5.32 Å². The van der Waals surface area contributed by atoms with Gasteiger partial charge in [0.05, 0.1) is 5.39 Å². The third-order valence-corrected chi connectivity index (χ3v) is 4.57. The Balaban J connectivity index is 1.66. The maximum Gasteiger partial charge on any atom is 0.266 e. The largest absolute Gasteiger partial charge is 0.355 e. The normalized spacial score (nSPS) is 11.2. The summed E-state index contributed by atoms with van der Waals surface area (Å²) in [5.74, 6) is 0.142. The number of rotatable bonds is 4. The van der Waals surface area contributed by atoms with Crippen molar-refractivity contribution in [3.8, 4) is 17.4 Å². The molecule has 0 unspecified atom stereocenters. The Morgan fingerprint density at radius 2 is 1.83 bits per heavy atom. The van der Waals surface area contributed by atoms with E-state index in [0.29, 0.717) is 27.6 Å². The minimum atomic E-state index is -0.497. The van der Waals surface area contributed by atoms with Gasteiger partial charge in [-0.2, -0.15) is 5.26 Å². The fourth-order valence-electron chi connectivity index (χ4n) is 2.89. The second-order valence-electron chi connectivity index (χ2n) is 6.29. The van der Waals surface area contributed by atoms with Gasteiger partial charge in [-0.25, -0.2) is 0 Å². The third kappa shape index (κ3) is 4.03. The highest BCUT2D eigenvalue weighted by Gasteiger charge is 2.13. The molecular formula is C23H14ClN3O2. The molecule has 1 amide bonds. The Morgan fingerprint density at radius 1 is 1.07 bits per heavy atom. The number of nitrogens with one attached hydrogen (secondary N) is 1. The molecule has 4 aromatic rings.